The molecule has 0 saturated heterocycles. The van der Waals surface area contributed by atoms with Crippen LogP contribution in [-0.4, -0.2) is 24.1 Å². The number of rotatable bonds is 7. The zero-order valence-electron chi connectivity index (χ0n) is 12.8. The minimum Gasteiger partial charge on any atom is -0.259 e. The Morgan fingerprint density at radius 1 is 0.870 bits per heavy atom. The summed E-state index contributed by atoms with van der Waals surface area (Å²) >= 11 is 0. The second kappa shape index (κ2) is 7.15. The van der Waals surface area contributed by atoms with Crippen molar-refractivity contribution in [3.8, 4) is 0 Å². The fourth-order valence-electron chi connectivity index (χ4n) is 2.77. The van der Waals surface area contributed by atoms with Crippen molar-refractivity contribution in [1.29, 1.82) is 0 Å². The number of nitro groups is 2. The molecule has 0 aliphatic rings. The van der Waals surface area contributed by atoms with Crippen molar-refractivity contribution in [2.24, 2.45) is 0 Å². The molecule has 0 unspecified atom stereocenters. The van der Waals surface area contributed by atoms with Gasteiger partial charge in [-0.2, -0.15) is 0 Å². The summed E-state index contributed by atoms with van der Waals surface area (Å²) in [7, 11) is -2.27. The van der Waals surface area contributed by atoms with E-state index in [1.165, 1.54) is 0 Å². The van der Waals surface area contributed by atoms with Gasteiger partial charge in [0.15, 0.2) is 0 Å². The third kappa shape index (κ3) is 3.81. The largest absolute Gasteiger partial charge is 0.450 e. The molecule has 0 fully saturated rings. The smallest absolute Gasteiger partial charge is 0.259 e. The highest BCUT2D eigenvalue weighted by atomic mass is 28.3. The molecule has 6 nitrogen and oxygen atoms in total. The molecule has 0 spiro atoms. The molecule has 2 aromatic rings. The van der Waals surface area contributed by atoms with Crippen LogP contribution in [0.25, 0.3) is 0 Å². The van der Waals surface area contributed by atoms with E-state index in [0.29, 0.717) is 6.04 Å². The minimum atomic E-state index is -2.27. The van der Waals surface area contributed by atoms with Crippen LogP contribution in [0, 0.1) is 20.2 Å². The molecule has 120 valence electrons. The average Bonchev–Trinajstić information content (AvgIpc) is 2.55. The lowest BCUT2D eigenvalue weighted by Gasteiger charge is -2.28. The Morgan fingerprint density at radius 2 is 1.26 bits per heavy atom. The van der Waals surface area contributed by atoms with Crippen LogP contribution >= 0.6 is 0 Å². The van der Waals surface area contributed by atoms with Crippen LogP contribution in [0.5, 0.6) is 0 Å². The normalized spacial score (nSPS) is 11.4. The maximum absolute atomic E-state index is 10.9. The number of hydrogen-bond donors (Lipinski definition) is 0. The molecule has 0 heterocycles. The molecule has 0 aliphatic heterocycles. The van der Waals surface area contributed by atoms with E-state index in [2.05, 4.69) is 6.55 Å². The summed E-state index contributed by atoms with van der Waals surface area (Å²) in [6, 6.07) is 20.0. The maximum Gasteiger partial charge on any atom is 0.450 e. The number of hydrogen-bond acceptors (Lipinski definition) is 4. The van der Waals surface area contributed by atoms with Gasteiger partial charge >= 0.3 is 6.17 Å². The van der Waals surface area contributed by atoms with Crippen molar-refractivity contribution in [3.05, 3.63) is 80.9 Å². The molecule has 0 amide bonds. The minimum absolute atomic E-state index is 0.0630. The third-order valence-electron chi connectivity index (χ3n) is 4.21. The fraction of sp³-hybridized carbons (Fsp3) is 0.250. The van der Waals surface area contributed by atoms with Gasteiger partial charge in [0, 0.05) is 0 Å². The highest BCUT2D eigenvalue weighted by Gasteiger charge is 2.38. The van der Waals surface area contributed by atoms with E-state index in [0.717, 1.165) is 10.4 Å². The van der Waals surface area contributed by atoms with Gasteiger partial charge in [0.2, 0.25) is 0 Å². The summed E-state index contributed by atoms with van der Waals surface area (Å²) in [5, 5.41) is 24.1. The van der Waals surface area contributed by atoms with E-state index in [-0.39, 0.29) is 6.42 Å². The Morgan fingerprint density at radius 3 is 1.61 bits per heavy atom. The highest BCUT2D eigenvalue weighted by Crippen LogP contribution is 2.16. The molecular weight excluding hydrogens is 312 g/mol. The Kier molecular flexibility index (Phi) is 5.23. The predicted molar refractivity (Wildman–Crippen MR) is 91.0 cm³/mol. The second-order valence-electron chi connectivity index (χ2n) is 5.65. The van der Waals surface area contributed by atoms with Crippen LogP contribution in [0.2, 0.25) is 12.6 Å². The molecule has 0 N–H and O–H groups in total. The molecule has 2 rings (SSSR count). The van der Waals surface area contributed by atoms with E-state index in [1.54, 1.807) is 0 Å². The molecule has 0 bridgehead atoms. The Labute approximate surface area is 135 Å². The zero-order valence-corrected chi connectivity index (χ0v) is 13.8. The second-order valence-corrected chi connectivity index (χ2v) is 9.97. The zero-order chi connectivity index (χ0) is 16.9. The van der Waals surface area contributed by atoms with Gasteiger partial charge in [-0.1, -0.05) is 77.6 Å². The van der Waals surface area contributed by atoms with E-state index < -0.39 is 24.1 Å². The molecule has 0 aliphatic carbocycles. The molecule has 0 atom stereocenters. The van der Waals surface area contributed by atoms with Gasteiger partial charge in [0.25, 0.3) is 0 Å². The Bertz CT molecular complexity index is 625. The van der Waals surface area contributed by atoms with E-state index in [9.17, 15) is 20.2 Å². The molecule has 7 heteroatoms. The lowest BCUT2D eigenvalue weighted by atomic mass is 10.4. The SMILES string of the molecule is C[Si](CCC([N+](=O)[O-])[N+](=O)[O-])(c1ccccc1)c1ccccc1. The highest BCUT2D eigenvalue weighted by molar-refractivity contribution is 7.01. The average molecular weight is 330 g/mol. The van der Waals surface area contributed by atoms with Crippen LogP contribution in [0.15, 0.2) is 60.7 Å². The summed E-state index contributed by atoms with van der Waals surface area (Å²) < 4.78 is 0. The molecular formula is C16H18N2O4Si. The fourth-order valence-corrected chi connectivity index (χ4v) is 6.38. The first-order valence-electron chi connectivity index (χ1n) is 7.33. The standard InChI is InChI=1S/C16H18N2O4Si/c1-23(14-8-4-2-5-9-14,15-10-6-3-7-11-15)13-12-16(17(19)20)18(21)22/h2-11,16H,12-13H2,1H3. The van der Waals surface area contributed by atoms with Gasteiger partial charge < -0.3 is 0 Å². The van der Waals surface area contributed by atoms with Crippen LogP contribution in [0.1, 0.15) is 6.42 Å². The Balaban J connectivity index is 2.36. The van der Waals surface area contributed by atoms with Crippen molar-refractivity contribution in [1.82, 2.24) is 0 Å². The van der Waals surface area contributed by atoms with Gasteiger partial charge in [-0.15, -0.1) is 0 Å². The Hall–Kier alpha value is -2.54. The van der Waals surface area contributed by atoms with Gasteiger partial charge in [-0.3, -0.25) is 20.2 Å². The van der Waals surface area contributed by atoms with Crippen molar-refractivity contribution in [2.75, 3.05) is 0 Å². The van der Waals surface area contributed by atoms with Crippen molar-refractivity contribution in [2.45, 2.75) is 25.2 Å². The van der Waals surface area contributed by atoms with E-state index in [1.807, 2.05) is 60.7 Å². The molecule has 0 saturated carbocycles. The van der Waals surface area contributed by atoms with Gasteiger partial charge in [0.1, 0.15) is 8.07 Å². The van der Waals surface area contributed by atoms with Crippen LogP contribution in [0.4, 0.5) is 0 Å². The van der Waals surface area contributed by atoms with Crippen molar-refractivity contribution >= 4 is 18.4 Å². The number of benzene rings is 2. The van der Waals surface area contributed by atoms with Gasteiger partial charge in [-0.25, -0.2) is 0 Å². The van der Waals surface area contributed by atoms with Gasteiger partial charge in [0.05, 0.1) is 16.3 Å². The summed E-state index contributed by atoms with van der Waals surface area (Å²) in [6.07, 6.45) is -1.80. The lowest BCUT2D eigenvalue weighted by molar-refractivity contribution is -0.742. The summed E-state index contributed by atoms with van der Waals surface area (Å²) in [5.74, 6) is 0. The summed E-state index contributed by atoms with van der Waals surface area (Å²) in [5.41, 5.74) is 0. The number of nitrogens with zero attached hydrogens (tertiary/aromatic N) is 2. The van der Waals surface area contributed by atoms with Crippen LogP contribution in [0.3, 0.4) is 0 Å². The first kappa shape index (κ1) is 16.8. The monoisotopic (exact) mass is 330 g/mol. The first-order chi connectivity index (χ1) is 10.9. The van der Waals surface area contributed by atoms with Crippen molar-refractivity contribution < 1.29 is 9.85 Å². The molecule has 2 aromatic carbocycles. The lowest BCUT2D eigenvalue weighted by Crippen LogP contribution is -2.56. The van der Waals surface area contributed by atoms with E-state index >= 15 is 0 Å². The summed E-state index contributed by atoms with van der Waals surface area (Å²) in [4.78, 5) is 20.2. The van der Waals surface area contributed by atoms with E-state index in [4.69, 9.17) is 0 Å². The van der Waals surface area contributed by atoms with Crippen LogP contribution in [-0.2, 0) is 0 Å². The van der Waals surface area contributed by atoms with Crippen molar-refractivity contribution in [3.63, 3.8) is 0 Å². The maximum atomic E-state index is 10.9. The third-order valence-corrected chi connectivity index (χ3v) is 8.71. The first-order valence-corrected chi connectivity index (χ1v) is 10.0. The quantitative estimate of drug-likeness (QED) is 0.337. The molecule has 23 heavy (non-hydrogen) atoms. The van der Waals surface area contributed by atoms with Crippen LogP contribution < -0.4 is 10.4 Å². The summed E-state index contributed by atoms with van der Waals surface area (Å²) in [6.45, 7) is 2.11. The van der Waals surface area contributed by atoms with Gasteiger partial charge in [-0.05, 0) is 6.04 Å². The predicted octanol–water partition coefficient (Wildman–Crippen LogP) is 2.15. The molecule has 0 aromatic heterocycles. The topological polar surface area (TPSA) is 86.3 Å². The molecule has 0 radical (unpaired) electrons.